The Bertz CT molecular complexity index is 979. The molecule has 2 aromatic carbocycles. The fourth-order valence-corrected chi connectivity index (χ4v) is 2.79. The van der Waals surface area contributed by atoms with Gasteiger partial charge in [0.05, 0.1) is 19.0 Å². The van der Waals surface area contributed by atoms with Gasteiger partial charge in [-0.05, 0) is 41.5 Å². The van der Waals surface area contributed by atoms with Gasteiger partial charge in [-0.15, -0.1) is 0 Å². The molecule has 3 aromatic rings. The van der Waals surface area contributed by atoms with Crippen molar-refractivity contribution in [2.24, 2.45) is 5.73 Å². The number of benzene rings is 2. The number of nitrogens with one attached hydrogen (secondary N) is 2. The first-order valence-electron chi connectivity index (χ1n) is 9.27. The molecule has 0 unspecified atom stereocenters. The van der Waals surface area contributed by atoms with Crippen LogP contribution in [0.4, 0.5) is 0 Å². The first-order valence-corrected chi connectivity index (χ1v) is 9.27. The summed E-state index contributed by atoms with van der Waals surface area (Å²) in [6.45, 7) is 5.24. The maximum Gasteiger partial charge on any atom is 0.270 e. The van der Waals surface area contributed by atoms with Gasteiger partial charge in [-0.3, -0.25) is 4.79 Å². The first kappa shape index (κ1) is 20.2. The van der Waals surface area contributed by atoms with E-state index in [0.717, 1.165) is 28.3 Å². The Balaban J connectivity index is 1.69. The third-order valence-corrected chi connectivity index (χ3v) is 4.43. The molecule has 0 atom stereocenters. The maximum atomic E-state index is 12.7. The maximum absolute atomic E-state index is 12.7. The second kappa shape index (κ2) is 9.57. The Kier molecular flexibility index (Phi) is 6.65. The van der Waals surface area contributed by atoms with E-state index in [2.05, 4.69) is 22.3 Å². The topological polar surface area (TPSA) is 94.2 Å². The van der Waals surface area contributed by atoms with Gasteiger partial charge in [0, 0.05) is 25.3 Å². The Morgan fingerprint density at radius 1 is 1.10 bits per heavy atom. The average molecular weight is 391 g/mol. The van der Waals surface area contributed by atoms with Gasteiger partial charge in [0.1, 0.15) is 11.4 Å². The smallest absolute Gasteiger partial charge is 0.270 e. The van der Waals surface area contributed by atoms with Crippen molar-refractivity contribution in [3.05, 3.63) is 89.9 Å². The first-order chi connectivity index (χ1) is 14.1. The van der Waals surface area contributed by atoms with Crippen LogP contribution < -0.4 is 21.1 Å². The van der Waals surface area contributed by atoms with E-state index in [-0.39, 0.29) is 5.91 Å². The summed E-state index contributed by atoms with van der Waals surface area (Å²) < 4.78 is 6.78. The molecule has 1 heterocycles. The average Bonchev–Trinajstić information content (AvgIpc) is 3.26. The molecule has 0 saturated heterocycles. The number of carbonyl (C=O) groups is 1. The van der Waals surface area contributed by atoms with E-state index in [1.807, 2.05) is 48.5 Å². The lowest BCUT2D eigenvalue weighted by molar-refractivity contribution is 0.0943. The van der Waals surface area contributed by atoms with Gasteiger partial charge in [-0.25, -0.2) is 4.68 Å². The van der Waals surface area contributed by atoms with Crippen LogP contribution in [0.25, 0.3) is 5.69 Å². The highest BCUT2D eigenvalue weighted by atomic mass is 16.5. The van der Waals surface area contributed by atoms with E-state index >= 15 is 0 Å². The number of methoxy groups -OCH3 is 1. The second-order valence-electron chi connectivity index (χ2n) is 6.49. The zero-order valence-electron chi connectivity index (χ0n) is 16.4. The second-order valence-corrected chi connectivity index (χ2v) is 6.49. The highest BCUT2D eigenvalue weighted by molar-refractivity contribution is 5.93. The van der Waals surface area contributed by atoms with Crippen molar-refractivity contribution in [3.8, 4) is 11.4 Å². The molecular weight excluding hydrogens is 366 g/mol. The molecule has 0 aliphatic carbocycles. The molecule has 0 bridgehead atoms. The zero-order valence-corrected chi connectivity index (χ0v) is 16.4. The summed E-state index contributed by atoms with van der Waals surface area (Å²) in [4.78, 5) is 12.7. The minimum atomic E-state index is -0.196. The van der Waals surface area contributed by atoms with Crippen LogP contribution in [0, 0.1) is 0 Å². The van der Waals surface area contributed by atoms with Crippen molar-refractivity contribution in [3.63, 3.8) is 0 Å². The van der Waals surface area contributed by atoms with Crippen LogP contribution >= 0.6 is 0 Å². The van der Waals surface area contributed by atoms with E-state index in [9.17, 15) is 4.79 Å². The number of ether oxygens (including phenoxy) is 1. The van der Waals surface area contributed by atoms with E-state index < -0.39 is 0 Å². The van der Waals surface area contributed by atoms with Crippen molar-refractivity contribution < 1.29 is 9.53 Å². The lowest BCUT2D eigenvalue weighted by Crippen LogP contribution is -2.25. The quantitative estimate of drug-likeness (QED) is 0.521. The minimum Gasteiger partial charge on any atom is -0.497 e. The van der Waals surface area contributed by atoms with Crippen LogP contribution in [0.1, 0.15) is 21.6 Å². The summed E-state index contributed by atoms with van der Waals surface area (Å²) >= 11 is 0. The van der Waals surface area contributed by atoms with E-state index in [1.165, 1.54) is 0 Å². The molecule has 0 aliphatic heterocycles. The van der Waals surface area contributed by atoms with E-state index in [1.54, 1.807) is 24.1 Å². The Labute approximate surface area is 170 Å². The summed E-state index contributed by atoms with van der Waals surface area (Å²) in [5.74, 6) is 0.584. The number of rotatable bonds is 9. The molecule has 1 amide bonds. The number of carbonyl (C=O) groups excluding carboxylic acids is 1. The molecular formula is C22H25N5O2. The summed E-state index contributed by atoms with van der Waals surface area (Å²) in [7, 11) is 1.62. The van der Waals surface area contributed by atoms with Crippen LogP contribution in [0.3, 0.4) is 0 Å². The lowest BCUT2D eigenvalue weighted by atomic mass is 10.2. The van der Waals surface area contributed by atoms with Gasteiger partial charge in [0.15, 0.2) is 0 Å². The zero-order chi connectivity index (χ0) is 20.6. The molecule has 4 N–H and O–H groups in total. The monoisotopic (exact) mass is 391 g/mol. The van der Waals surface area contributed by atoms with Crippen LogP contribution in [-0.4, -0.2) is 29.3 Å². The number of nitrogens with two attached hydrogens (primary N) is 1. The van der Waals surface area contributed by atoms with Crippen LogP contribution in [0.5, 0.6) is 5.75 Å². The normalized spacial score (nSPS) is 10.4. The summed E-state index contributed by atoms with van der Waals surface area (Å²) in [5.41, 5.74) is 9.62. The third kappa shape index (κ3) is 5.24. The molecule has 150 valence electrons. The fraction of sp³-hybridized carbons (Fsp3) is 0.182. The van der Waals surface area contributed by atoms with Crippen LogP contribution in [0.15, 0.2) is 73.1 Å². The Morgan fingerprint density at radius 3 is 2.59 bits per heavy atom. The van der Waals surface area contributed by atoms with Crippen molar-refractivity contribution in [1.82, 2.24) is 20.4 Å². The van der Waals surface area contributed by atoms with Gasteiger partial charge in [0.2, 0.25) is 0 Å². The highest BCUT2D eigenvalue weighted by Gasteiger charge is 2.13. The van der Waals surface area contributed by atoms with Gasteiger partial charge >= 0.3 is 0 Å². The van der Waals surface area contributed by atoms with Crippen molar-refractivity contribution in [2.75, 3.05) is 13.7 Å². The SMILES string of the molecule is C=C(CN)NCc1cccc(-n2nccc2C(=O)NCc2ccc(OC)cc2)c1. The fourth-order valence-electron chi connectivity index (χ4n) is 2.79. The molecule has 7 nitrogen and oxygen atoms in total. The molecule has 3 rings (SSSR count). The molecule has 0 spiro atoms. The molecule has 1 aromatic heterocycles. The largest absolute Gasteiger partial charge is 0.497 e. The molecule has 0 aliphatic rings. The molecule has 0 fully saturated rings. The molecule has 0 saturated carbocycles. The van der Waals surface area contributed by atoms with Crippen LogP contribution in [-0.2, 0) is 13.1 Å². The van der Waals surface area contributed by atoms with Gasteiger partial charge in [0.25, 0.3) is 5.91 Å². The third-order valence-electron chi connectivity index (χ3n) is 4.43. The van der Waals surface area contributed by atoms with Gasteiger partial charge in [-0.1, -0.05) is 30.8 Å². The lowest BCUT2D eigenvalue weighted by Gasteiger charge is -2.11. The molecule has 0 radical (unpaired) electrons. The summed E-state index contributed by atoms with van der Waals surface area (Å²) in [6.07, 6.45) is 1.61. The number of nitrogens with zero attached hydrogens (tertiary/aromatic N) is 2. The number of hydrogen-bond donors (Lipinski definition) is 3. The van der Waals surface area contributed by atoms with E-state index in [4.69, 9.17) is 10.5 Å². The Hall–Kier alpha value is -3.58. The minimum absolute atomic E-state index is 0.196. The number of amides is 1. The van der Waals surface area contributed by atoms with Crippen LogP contribution in [0.2, 0.25) is 0 Å². The number of hydrogen-bond acceptors (Lipinski definition) is 5. The summed E-state index contributed by atoms with van der Waals surface area (Å²) in [6, 6.07) is 17.1. The Morgan fingerprint density at radius 2 is 1.86 bits per heavy atom. The van der Waals surface area contributed by atoms with Gasteiger partial charge < -0.3 is 21.1 Å². The molecule has 7 heteroatoms. The van der Waals surface area contributed by atoms with Crippen molar-refractivity contribution in [2.45, 2.75) is 13.1 Å². The molecule has 29 heavy (non-hydrogen) atoms. The predicted molar refractivity (Wildman–Crippen MR) is 113 cm³/mol. The van der Waals surface area contributed by atoms with Gasteiger partial charge in [-0.2, -0.15) is 5.10 Å². The summed E-state index contributed by atoms with van der Waals surface area (Å²) in [5, 5.41) is 10.4. The standard InChI is InChI=1S/C22H25N5O2/c1-16(13-23)24-15-18-4-3-5-19(12-18)27-21(10-11-26-27)22(28)25-14-17-6-8-20(29-2)9-7-17/h3-12,24H,1,13-15,23H2,2H3,(H,25,28). The van der Waals surface area contributed by atoms with Crippen molar-refractivity contribution in [1.29, 1.82) is 0 Å². The predicted octanol–water partition coefficient (Wildman–Crippen LogP) is 2.37. The van der Waals surface area contributed by atoms with Crippen molar-refractivity contribution >= 4 is 5.91 Å². The van der Waals surface area contributed by atoms with E-state index in [0.29, 0.717) is 25.3 Å². The highest BCUT2D eigenvalue weighted by Crippen LogP contribution is 2.14. The number of aromatic nitrogens is 2.